The number of terminal acetylenes is 1. The van der Waals surface area contributed by atoms with Crippen molar-refractivity contribution < 1.29 is 0 Å². The number of anilines is 3. The van der Waals surface area contributed by atoms with Gasteiger partial charge in [-0.1, -0.05) is 197 Å². The maximum Gasteiger partial charge on any atom is 0.0534 e. The lowest BCUT2D eigenvalue weighted by Crippen LogP contribution is -2.10. The number of allylic oxidation sites excluding steroid dienone is 12. The van der Waals surface area contributed by atoms with Crippen molar-refractivity contribution in [3.8, 4) is 18.5 Å². The molecule has 0 aliphatic heterocycles. The summed E-state index contributed by atoms with van der Waals surface area (Å²) in [6.07, 6.45) is 36.0. The summed E-state index contributed by atoms with van der Waals surface area (Å²) in [7, 11) is 0. The molecule has 3 nitrogen and oxygen atoms in total. The topological polar surface area (TPSA) is 20.5 Å². The van der Waals surface area contributed by atoms with Crippen LogP contribution in [-0.4, -0.2) is 10.3 Å². The lowest BCUT2D eigenvalue weighted by molar-refractivity contribution is 0.930. The van der Waals surface area contributed by atoms with Gasteiger partial charge in [-0.2, -0.15) is 0 Å². The minimum atomic E-state index is 0.761. The highest BCUT2D eigenvalue weighted by Crippen LogP contribution is 2.36. The molecule has 3 heteroatoms. The molecule has 0 aliphatic carbocycles. The molecule has 1 heterocycles. The van der Waals surface area contributed by atoms with Crippen LogP contribution in [0.4, 0.5) is 17.1 Å². The Bertz CT molecular complexity index is 2780. The van der Waals surface area contributed by atoms with Crippen molar-refractivity contribution in [1.82, 2.24) is 4.57 Å². The summed E-state index contributed by atoms with van der Waals surface area (Å²) in [5, 5.41) is 0. The normalized spacial score (nSPS) is 11.5. The summed E-state index contributed by atoms with van der Waals surface area (Å²) in [6.45, 7) is 33.5. The van der Waals surface area contributed by atoms with Crippen LogP contribution in [-0.2, 0) is 0 Å². The first kappa shape index (κ1) is 62.4. The number of hydrogen-bond acceptors (Lipinski definition) is 2. The van der Waals surface area contributed by atoms with Gasteiger partial charge in [0.1, 0.15) is 0 Å². The molecule has 1 aromatic heterocycles. The largest absolute Gasteiger partial charge is 0.311 e. The quantitative estimate of drug-likeness (QED) is 0.0364. The molecule has 386 valence electrons. The minimum Gasteiger partial charge on any atom is -0.311 e. The summed E-state index contributed by atoms with van der Waals surface area (Å²) < 4.78 is 2.33. The van der Waals surface area contributed by atoms with Crippen LogP contribution in [0.2, 0.25) is 0 Å². The van der Waals surface area contributed by atoms with Crippen molar-refractivity contribution >= 4 is 46.6 Å². The molecule has 0 spiro atoms. The molecule has 0 unspecified atom stereocenters. The van der Waals surface area contributed by atoms with Crippen LogP contribution >= 0.6 is 0 Å². The third-order valence-electron chi connectivity index (χ3n) is 11.8. The molecule has 6 rings (SSSR count). The minimum absolute atomic E-state index is 0.761. The van der Waals surface area contributed by atoms with Crippen molar-refractivity contribution in [1.29, 1.82) is 0 Å². The number of hydrogen-bond donors (Lipinski definition) is 0. The lowest BCUT2D eigenvalue weighted by atomic mass is 9.99. The zero-order valence-corrected chi connectivity index (χ0v) is 47.6. The number of benzene rings is 5. The van der Waals surface area contributed by atoms with E-state index in [1.807, 2.05) is 52.0 Å². The molecule has 0 aliphatic rings. The van der Waals surface area contributed by atoms with E-state index in [0.29, 0.717) is 0 Å². The number of rotatable bonds is 18. The van der Waals surface area contributed by atoms with Gasteiger partial charge in [-0.3, -0.25) is 4.99 Å². The summed E-state index contributed by atoms with van der Waals surface area (Å²) in [5.74, 6) is 0. The van der Waals surface area contributed by atoms with Crippen LogP contribution in [0.5, 0.6) is 0 Å². The van der Waals surface area contributed by atoms with Gasteiger partial charge >= 0.3 is 0 Å². The molecule has 0 radical (unpaired) electrons. The molecule has 74 heavy (non-hydrogen) atoms. The average Bonchev–Trinajstić information content (AvgIpc) is 3.70. The average molecular weight is 982 g/mol. The summed E-state index contributed by atoms with van der Waals surface area (Å²) >= 11 is 0. The molecule has 0 fully saturated rings. The molecular weight excluding hydrogens is 895 g/mol. The van der Waals surface area contributed by atoms with Gasteiger partial charge in [0.05, 0.1) is 5.69 Å². The Balaban J connectivity index is 0.00000129. The third-order valence-corrected chi connectivity index (χ3v) is 11.8. The van der Waals surface area contributed by atoms with Gasteiger partial charge in [-0.15, -0.1) is 12.8 Å². The molecule has 6 aromatic rings. The zero-order valence-electron chi connectivity index (χ0n) is 47.6. The van der Waals surface area contributed by atoms with E-state index in [2.05, 4.69) is 274 Å². The molecular formula is C71H87N3. The number of aliphatic imine (C=N–C) groups is 1. The van der Waals surface area contributed by atoms with E-state index in [0.717, 1.165) is 93.5 Å². The Hall–Kier alpha value is -7.67. The Morgan fingerprint density at radius 3 is 1.59 bits per heavy atom. The van der Waals surface area contributed by atoms with Gasteiger partial charge in [0.15, 0.2) is 0 Å². The first-order chi connectivity index (χ1) is 36.0. The number of aryl methyl sites for hydroxylation is 3. The standard InChI is InChI=1S/C58H65N3.C7H8.2C2H6.C2H2/c1-11-15-16-22-28-56(43(5)6)59-47(10)48(13-3)42-50(25-19-17-23-29-57-46(9)55(14-4)58(24-12-2)61(57)51-26-20-18-21-27-51)49-34-40-54(41-35-49)60(52-36-30-44(7)31-37-52)53-38-32-45(8)33-39-53;1-7-5-3-2-4-6-7;3*1-2/h12-16,18-21,23-27,29-42H,4,11,17,22,28H2,1-3,5-10H3;2-6H,1H3;2*1-2H3;1-2H/b16-15-,24-12-,25-19+,29-23-,48-13+,50-42+,59-47?;;;;. The van der Waals surface area contributed by atoms with Crippen molar-refractivity contribution in [2.24, 2.45) is 4.99 Å². The monoisotopic (exact) mass is 982 g/mol. The fourth-order valence-electron chi connectivity index (χ4n) is 7.99. The second kappa shape index (κ2) is 35.4. The van der Waals surface area contributed by atoms with Crippen molar-refractivity contribution in [3.63, 3.8) is 0 Å². The van der Waals surface area contributed by atoms with E-state index in [9.17, 15) is 0 Å². The van der Waals surface area contributed by atoms with Crippen LogP contribution in [0.25, 0.3) is 29.5 Å². The van der Waals surface area contributed by atoms with Gasteiger partial charge in [0.25, 0.3) is 0 Å². The van der Waals surface area contributed by atoms with Crippen molar-refractivity contribution in [3.05, 3.63) is 250 Å². The maximum atomic E-state index is 5.22. The number of aromatic nitrogens is 1. The number of para-hydroxylation sites is 1. The molecule has 0 saturated heterocycles. The molecule has 0 atom stereocenters. The van der Waals surface area contributed by atoms with Crippen LogP contribution in [0.3, 0.4) is 0 Å². The fraction of sp³-hybridized carbons (Fsp3) is 0.254. The van der Waals surface area contributed by atoms with E-state index in [4.69, 9.17) is 4.99 Å². The fourth-order valence-corrected chi connectivity index (χ4v) is 7.99. The van der Waals surface area contributed by atoms with Crippen LogP contribution in [0.1, 0.15) is 140 Å². The van der Waals surface area contributed by atoms with Crippen LogP contribution < -0.4 is 4.90 Å². The molecule has 0 N–H and O–H groups in total. The van der Waals surface area contributed by atoms with Crippen molar-refractivity contribution in [2.45, 2.75) is 123 Å². The maximum absolute atomic E-state index is 5.22. The summed E-state index contributed by atoms with van der Waals surface area (Å²) in [4.78, 5) is 7.54. The van der Waals surface area contributed by atoms with E-state index < -0.39 is 0 Å². The Morgan fingerprint density at radius 1 is 0.622 bits per heavy atom. The summed E-state index contributed by atoms with van der Waals surface area (Å²) in [5.41, 5.74) is 19.7. The Kier molecular flexibility index (Phi) is 29.9. The Labute approximate surface area is 450 Å². The zero-order chi connectivity index (χ0) is 54.8. The second-order valence-electron chi connectivity index (χ2n) is 17.3. The van der Waals surface area contributed by atoms with E-state index in [1.165, 1.54) is 27.8 Å². The highest BCUT2D eigenvalue weighted by Gasteiger charge is 2.17. The molecule has 0 saturated carbocycles. The van der Waals surface area contributed by atoms with Crippen LogP contribution in [0, 0.1) is 40.5 Å². The predicted molar refractivity (Wildman–Crippen MR) is 334 cm³/mol. The SMILES string of the molecule is C#C.C=Cc1c(C)c(/C=C\C/C=C/C(=C\C(=C/C)C(C)=NC(CC/C=C\CC)=C(C)C)c2ccc(N(c3ccc(C)cc3)c3ccc(C)cc3)cc2)n(-c2ccccc2)c1/C=C\C.CC.CC.Cc1ccccc1. The molecule has 0 bridgehead atoms. The van der Waals surface area contributed by atoms with Gasteiger partial charge in [0.2, 0.25) is 0 Å². The van der Waals surface area contributed by atoms with Gasteiger partial charge in [-0.25, -0.2) is 0 Å². The van der Waals surface area contributed by atoms with Crippen molar-refractivity contribution in [2.75, 3.05) is 4.90 Å². The van der Waals surface area contributed by atoms with Gasteiger partial charge < -0.3 is 9.47 Å². The highest BCUT2D eigenvalue weighted by atomic mass is 15.1. The van der Waals surface area contributed by atoms with Gasteiger partial charge in [0, 0.05) is 45.4 Å². The van der Waals surface area contributed by atoms with Crippen LogP contribution in [0.15, 0.2) is 210 Å². The van der Waals surface area contributed by atoms with E-state index in [-0.39, 0.29) is 0 Å². The van der Waals surface area contributed by atoms with Gasteiger partial charge in [-0.05, 0) is 177 Å². The molecule has 5 aromatic carbocycles. The number of nitrogens with zero attached hydrogens (tertiary/aromatic N) is 3. The second-order valence-corrected chi connectivity index (χ2v) is 17.3. The highest BCUT2D eigenvalue weighted by molar-refractivity contribution is 6.03. The first-order valence-corrected chi connectivity index (χ1v) is 26.5. The molecule has 0 amide bonds. The Morgan fingerprint density at radius 2 is 1.14 bits per heavy atom. The van der Waals surface area contributed by atoms with E-state index in [1.54, 1.807) is 0 Å². The predicted octanol–water partition coefficient (Wildman–Crippen LogP) is 21.3. The smallest absolute Gasteiger partial charge is 0.0534 e. The summed E-state index contributed by atoms with van der Waals surface area (Å²) in [6, 6.07) is 47.3. The first-order valence-electron chi connectivity index (χ1n) is 26.5. The third kappa shape index (κ3) is 19.4. The lowest BCUT2D eigenvalue weighted by Gasteiger charge is -2.26. The van der Waals surface area contributed by atoms with E-state index >= 15 is 0 Å².